The molecule has 2 atom stereocenters. The van der Waals surface area contributed by atoms with Crippen LogP contribution in [-0.4, -0.2) is 18.0 Å². The molecule has 0 bridgehead atoms. The fraction of sp³-hybridized carbons (Fsp3) is 0.300. The number of hydrogen-bond acceptors (Lipinski definition) is 2. The van der Waals surface area contributed by atoms with Crippen molar-refractivity contribution in [2.75, 3.05) is 10.6 Å². The average molecular weight is 372 g/mol. The van der Waals surface area contributed by atoms with Crippen molar-refractivity contribution in [2.45, 2.75) is 32.2 Å². The Balaban J connectivity index is 1.54. The Bertz CT molecular complexity index is 805. The molecule has 6 heteroatoms. The minimum Gasteiger partial charge on any atom is -0.336 e. The molecule has 3 rings (SSSR count). The van der Waals surface area contributed by atoms with Crippen molar-refractivity contribution in [2.24, 2.45) is 5.92 Å². The molecule has 2 aromatic rings. The average Bonchev–Trinajstić information content (AvgIpc) is 3.37. The first-order chi connectivity index (χ1) is 12.4. The van der Waals surface area contributed by atoms with Crippen molar-refractivity contribution in [1.29, 1.82) is 0 Å². The lowest BCUT2D eigenvalue weighted by Gasteiger charge is -2.11. The van der Waals surface area contributed by atoms with Gasteiger partial charge >= 0.3 is 6.03 Å². The number of halogens is 1. The second kappa shape index (κ2) is 7.79. The van der Waals surface area contributed by atoms with Gasteiger partial charge in [0.25, 0.3) is 0 Å². The predicted molar refractivity (Wildman–Crippen MR) is 105 cm³/mol. The second-order valence-corrected chi connectivity index (χ2v) is 7.20. The van der Waals surface area contributed by atoms with E-state index in [1.807, 2.05) is 38.1 Å². The largest absolute Gasteiger partial charge is 0.336 e. The van der Waals surface area contributed by atoms with Gasteiger partial charge in [0.05, 0.1) is 0 Å². The number of anilines is 2. The maximum Gasteiger partial charge on any atom is 0.319 e. The molecule has 2 unspecified atom stereocenters. The first-order valence-corrected chi connectivity index (χ1v) is 9.04. The van der Waals surface area contributed by atoms with Gasteiger partial charge in [-0.05, 0) is 62.1 Å². The van der Waals surface area contributed by atoms with Gasteiger partial charge in [0.15, 0.2) is 0 Å². The fourth-order valence-electron chi connectivity index (χ4n) is 2.91. The van der Waals surface area contributed by atoms with E-state index in [1.165, 1.54) is 0 Å². The van der Waals surface area contributed by atoms with Crippen LogP contribution in [0, 0.1) is 5.92 Å². The van der Waals surface area contributed by atoms with Crippen LogP contribution in [0.5, 0.6) is 0 Å². The molecule has 1 aliphatic rings. The van der Waals surface area contributed by atoms with Gasteiger partial charge in [-0.25, -0.2) is 4.79 Å². The normalized spacial score (nSPS) is 18.3. The highest BCUT2D eigenvalue weighted by Crippen LogP contribution is 2.49. The molecular formula is C20H22ClN3O2. The maximum absolute atomic E-state index is 12.4. The summed E-state index contributed by atoms with van der Waals surface area (Å²) in [5, 5.41) is 9.14. The van der Waals surface area contributed by atoms with E-state index in [2.05, 4.69) is 16.0 Å². The number of benzene rings is 2. The van der Waals surface area contributed by atoms with Crippen LogP contribution in [0.3, 0.4) is 0 Å². The summed E-state index contributed by atoms with van der Waals surface area (Å²) in [5.74, 6) is 0.127. The van der Waals surface area contributed by atoms with Gasteiger partial charge in [-0.3, -0.25) is 4.79 Å². The summed E-state index contributed by atoms with van der Waals surface area (Å²) in [6.45, 7) is 3.79. The highest BCUT2D eigenvalue weighted by molar-refractivity contribution is 6.31. The van der Waals surface area contributed by atoms with E-state index >= 15 is 0 Å². The number of hydrogen-bond donors (Lipinski definition) is 3. The molecule has 26 heavy (non-hydrogen) atoms. The lowest BCUT2D eigenvalue weighted by molar-refractivity contribution is -0.117. The quantitative estimate of drug-likeness (QED) is 0.718. The highest BCUT2D eigenvalue weighted by Gasteiger charge is 2.44. The Morgan fingerprint density at radius 2 is 1.62 bits per heavy atom. The third-order valence-electron chi connectivity index (χ3n) is 4.26. The SMILES string of the molecule is CC(C)NC(=O)Nc1ccc(NC(=O)C2CC2c2ccccc2Cl)cc1. The van der Waals surface area contributed by atoms with Crippen molar-refractivity contribution in [3.63, 3.8) is 0 Å². The van der Waals surface area contributed by atoms with Crippen LogP contribution in [0.4, 0.5) is 16.2 Å². The first-order valence-electron chi connectivity index (χ1n) is 8.67. The zero-order valence-corrected chi connectivity index (χ0v) is 15.5. The summed E-state index contributed by atoms with van der Waals surface area (Å²) in [4.78, 5) is 24.1. The molecule has 0 aliphatic heterocycles. The van der Waals surface area contributed by atoms with E-state index in [0.717, 1.165) is 12.0 Å². The zero-order valence-electron chi connectivity index (χ0n) is 14.8. The van der Waals surface area contributed by atoms with Crippen LogP contribution in [0.1, 0.15) is 31.7 Å². The fourth-order valence-corrected chi connectivity index (χ4v) is 3.18. The zero-order chi connectivity index (χ0) is 18.7. The van der Waals surface area contributed by atoms with Crippen molar-refractivity contribution in [1.82, 2.24) is 5.32 Å². The smallest absolute Gasteiger partial charge is 0.319 e. The Morgan fingerprint density at radius 1 is 1.00 bits per heavy atom. The predicted octanol–water partition coefficient (Wildman–Crippen LogP) is 4.61. The van der Waals surface area contributed by atoms with Crippen molar-refractivity contribution in [3.05, 3.63) is 59.1 Å². The molecule has 0 heterocycles. The molecule has 0 aromatic heterocycles. The van der Waals surface area contributed by atoms with Gasteiger partial charge in [0, 0.05) is 28.4 Å². The molecule has 0 saturated heterocycles. The number of amides is 3. The van der Waals surface area contributed by atoms with Crippen LogP contribution in [-0.2, 0) is 4.79 Å². The summed E-state index contributed by atoms with van der Waals surface area (Å²) < 4.78 is 0. The molecular weight excluding hydrogens is 350 g/mol. The van der Waals surface area contributed by atoms with Gasteiger partial charge in [0.2, 0.25) is 5.91 Å². The van der Waals surface area contributed by atoms with Gasteiger partial charge in [0.1, 0.15) is 0 Å². The molecule has 5 nitrogen and oxygen atoms in total. The molecule has 1 aliphatic carbocycles. The molecule has 1 saturated carbocycles. The van der Waals surface area contributed by atoms with Crippen LogP contribution in [0.25, 0.3) is 0 Å². The molecule has 3 amide bonds. The summed E-state index contributed by atoms with van der Waals surface area (Å²) >= 11 is 6.21. The summed E-state index contributed by atoms with van der Waals surface area (Å²) in [6.07, 6.45) is 0.810. The molecule has 136 valence electrons. The Hall–Kier alpha value is -2.53. The number of rotatable bonds is 5. The van der Waals surface area contributed by atoms with Crippen molar-refractivity contribution in [3.8, 4) is 0 Å². The lowest BCUT2D eigenvalue weighted by atomic mass is 10.1. The van der Waals surface area contributed by atoms with Crippen molar-refractivity contribution >= 4 is 34.9 Å². The van der Waals surface area contributed by atoms with Crippen LogP contribution in [0.2, 0.25) is 5.02 Å². The van der Waals surface area contributed by atoms with Crippen LogP contribution >= 0.6 is 11.6 Å². The number of urea groups is 1. The third kappa shape index (κ3) is 4.55. The summed E-state index contributed by atoms with van der Waals surface area (Å²) in [7, 11) is 0. The molecule has 0 radical (unpaired) electrons. The van der Waals surface area contributed by atoms with Crippen LogP contribution < -0.4 is 16.0 Å². The Labute approximate surface area is 158 Å². The summed E-state index contributed by atoms with van der Waals surface area (Å²) in [5.41, 5.74) is 2.40. The van der Waals surface area contributed by atoms with Gasteiger partial charge in [-0.15, -0.1) is 0 Å². The monoisotopic (exact) mass is 371 g/mol. The standard InChI is InChI=1S/C20H22ClN3O2/c1-12(2)22-20(26)24-14-9-7-13(8-10-14)23-19(25)17-11-16(17)15-5-3-4-6-18(15)21/h3-10,12,16-17H,11H2,1-2H3,(H,23,25)(H2,22,24,26). The van der Waals surface area contributed by atoms with Crippen LogP contribution in [0.15, 0.2) is 48.5 Å². The van der Waals surface area contributed by atoms with E-state index < -0.39 is 0 Å². The molecule has 3 N–H and O–H groups in total. The Kier molecular flexibility index (Phi) is 5.47. The topological polar surface area (TPSA) is 70.2 Å². The number of nitrogens with one attached hydrogen (secondary N) is 3. The third-order valence-corrected chi connectivity index (χ3v) is 4.61. The van der Waals surface area contributed by atoms with E-state index in [9.17, 15) is 9.59 Å². The second-order valence-electron chi connectivity index (χ2n) is 6.79. The number of carbonyl (C=O) groups is 2. The maximum atomic E-state index is 12.4. The summed E-state index contributed by atoms with van der Waals surface area (Å²) in [6, 6.07) is 14.5. The molecule has 1 fully saturated rings. The lowest BCUT2D eigenvalue weighted by Crippen LogP contribution is -2.34. The minimum absolute atomic E-state index is 0.00632. The highest BCUT2D eigenvalue weighted by atomic mass is 35.5. The van der Waals surface area contributed by atoms with E-state index in [0.29, 0.717) is 16.4 Å². The van der Waals surface area contributed by atoms with Gasteiger partial charge < -0.3 is 16.0 Å². The Morgan fingerprint density at radius 3 is 2.23 bits per heavy atom. The molecule has 2 aromatic carbocycles. The van der Waals surface area contributed by atoms with E-state index in [1.54, 1.807) is 24.3 Å². The number of carbonyl (C=O) groups excluding carboxylic acids is 2. The van der Waals surface area contributed by atoms with E-state index in [-0.39, 0.29) is 29.8 Å². The van der Waals surface area contributed by atoms with Crippen molar-refractivity contribution < 1.29 is 9.59 Å². The van der Waals surface area contributed by atoms with Gasteiger partial charge in [-0.2, -0.15) is 0 Å². The minimum atomic E-state index is -0.252. The first kappa shape index (κ1) is 18.3. The van der Waals surface area contributed by atoms with Gasteiger partial charge in [-0.1, -0.05) is 29.8 Å². The molecule has 0 spiro atoms. The van der Waals surface area contributed by atoms with E-state index in [4.69, 9.17) is 11.6 Å².